The molecule has 9 heteroatoms. The topological polar surface area (TPSA) is 92.8 Å². The molecule has 1 rings (SSSR count). The minimum Gasteiger partial charge on any atom is -0.469 e. The number of nitrogens with zero attached hydrogens (tertiary/aromatic N) is 1. The second kappa shape index (κ2) is 10.4. The first-order valence-electron chi connectivity index (χ1n) is 7.89. The van der Waals surface area contributed by atoms with Crippen LogP contribution in [0.25, 0.3) is 0 Å². The van der Waals surface area contributed by atoms with Crippen molar-refractivity contribution in [3.63, 3.8) is 0 Å². The molecule has 0 heterocycles. The zero-order valence-corrected chi connectivity index (χ0v) is 16.3. The van der Waals surface area contributed by atoms with Crippen LogP contribution in [0.1, 0.15) is 20.3 Å². The van der Waals surface area contributed by atoms with Gasteiger partial charge in [-0.25, -0.2) is 8.42 Å². The standard InChI is InChI=1S/C16H24N2O5S2/c1-4-18(5-2)25(21,22)14-8-6-7-13(11-14)17-15(19)12-24-10-9-16(20)23-3/h6-8,11H,4-5,9-10,12H2,1-3H3,(H,17,19). The maximum atomic E-state index is 12.5. The number of thioether (sulfide) groups is 1. The first kappa shape index (κ1) is 21.5. The number of anilines is 1. The molecule has 0 aliphatic heterocycles. The summed E-state index contributed by atoms with van der Waals surface area (Å²) >= 11 is 1.31. The number of hydrogen-bond donors (Lipinski definition) is 1. The highest BCUT2D eigenvalue weighted by molar-refractivity contribution is 7.99. The summed E-state index contributed by atoms with van der Waals surface area (Å²) in [6.07, 6.45) is 0.242. The Balaban J connectivity index is 2.66. The van der Waals surface area contributed by atoms with Crippen molar-refractivity contribution in [2.75, 3.05) is 37.0 Å². The van der Waals surface area contributed by atoms with Crippen LogP contribution >= 0.6 is 11.8 Å². The third-order valence-corrected chi connectivity index (χ3v) is 6.38. The molecule has 25 heavy (non-hydrogen) atoms. The number of carbonyl (C=O) groups is 2. The predicted molar refractivity (Wildman–Crippen MR) is 99.1 cm³/mol. The van der Waals surface area contributed by atoms with Crippen LogP contribution < -0.4 is 5.32 Å². The molecule has 0 atom stereocenters. The van der Waals surface area contributed by atoms with Crippen molar-refractivity contribution in [3.05, 3.63) is 24.3 Å². The number of rotatable bonds is 10. The molecule has 0 aromatic heterocycles. The van der Waals surface area contributed by atoms with Crippen LogP contribution in [-0.2, 0) is 24.3 Å². The highest BCUT2D eigenvalue weighted by Crippen LogP contribution is 2.19. The lowest BCUT2D eigenvalue weighted by Crippen LogP contribution is -2.30. The lowest BCUT2D eigenvalue weighted by atomic mass is 10.3. The van der Waals surface area contributed by atoms with Crippen LogP contribution in [0.2, 0.25) is 0 Å². The van der Waals surface area contributed by atoms with Gasteiger partial charge in [0, 0.05) is 24.5 Å². The van der Waals surface area contributed by atoms with Gasteiger partial charge in [-0.2, -0.15) is 16.1 Å². The SMILES string of the molecule is CCN(CC)S(=O)(=O)c1cccc(NC(=O)CSCCC(=O)OC)c1. The Bertz CT molecular complexity index is 688. The quantitative estimate of drug-likeness (QED) is 0.486. The smallest absolute Gasteiger partial charge is 0.306 e. The van der Waals surface area contributed by atoms with E-state index in [0.717, 1.165) is 0 Å². The summed E-state index contributed by atoms with van der Waals surface area (Å²) < 4.78 is 30.9. The molecule has 0 bridgehead atoms. The molecule has 0 saturated heterocycles. The third kappa shape index (κ3) is 6.68. The van der Waals surface area contributed by atoms with Gasteiger partial charge in [0.1, 0.15) is 0 Å². The third-order valence-electron chi connectivity index (χ3n) is 3.37. The van der Waals surface area contributed by atoms with E-state index in [1.807, 2.05) is 0 Å². The monoisotopic (exact) mass is 388 g/mol. The Morgan fingerprint density at radius 2 is 1.92 bits per heavy atom. The van der Waals surface area contributed by atoms with Crippen LogP contribution in [0.15, 0.2) is 29.2 Å². The molecule has 0 saturated carbocycles. The molecule has 0 spiro atoms. The normalized spacial score (nSPS) is 11.4. The van der Waals surface area contributed by atoms with Gasteiger partial charge < -0.3 is 10.1 Å². The Labute approximate surface area is 153 Å². The second-order valence-corrected chi connectivity index (χ2v) is 8.09. The second-order valence-electron chi connectivity index (χ2n) is 5.04. The van der Waals surface area contributed by atoms with E-state index in [1.165, 1.54) is 35.3 Å². The molecule has 0 aliphatic carbocycles. The number of hydrogen-bond acceptors (Lipinski definition) is 6. The molecule has 0 aliphatic rings. The van der Waals surface area contributed by atoms with Crippen LogP contribution in [0, 0.1) is 0 Å². The highest BCUT2D eigenvalue weighted by atomic mass is 32.2. The summed E-state index contributed by atoms with van der Waals surface area (Å²) in [5.41, 5.74) is 0.423. The number of amides is 1. The van der Waals surface area contributed by atoms with Gasteiger partial charge in [-0.05, 0) is 18.2 Å². The van der Waals surface area contributed by atoms with Crippen molar-refractivity contribution in [2.45, 2.75) is 25.2 Å². The number of benzene rings is 1. The zero-order valence-electron chi connectivity index (χ0n) is 14.6. The van der Waals surface area contributed by atoms with E-state index in [1.54, 1.807) is 26.0 Å². The van der Waals surface area contributed by atoms with E-state index in [0.29, 0.717) is 24.5 Å². The van der Waals surface area contributed by atoms with Gasteiger partial charge in [-0.1, -0.05) is 19.9 Å². The van der Waals surface area contributed by atoms with Gasteiger partial charge in [0.15, 0.2) is 0 Å². The van der Waals surface area contributed by atoms with Crippen molar-refractivity contribution in [3.8, 4) is 0 Å². The van der Waals surface area contributed by atoms with E-state index in [2.05, 4.69) is 10.1 Å². The fourth-order valence-electron chi connectivity index (χ4n) is 2.07. The van der Waals surface area contributed by atoms with Crippen molar-refractivity contribution in [1.29, 1.82) is 0 Å². The first-order chi connectivity index (χ1) is 11.8. The maximum absolute atomic E-state index is 12.5. The minimum absolute atomic E-state index is 0.146. The number of esters is 1. The molecule has 0 fully saturated rings. The number of sulfonamides is 1. The average molecular weight is 389 g/mol. The largest absolute Gasteiger partial charge is 0.469 e. The molecular formula is C16H24N2O5S2. The van der Waals surface area contributed by atoms with E-state index in [-0.39, 0.29) is 28.9 Å². The molecule has 1 aromatic rings. The predicted octanol–water partition coefficient (Wildman–Crippen LogP) is 1.95. The summed E-state index contributed by atoms with van der Waals surface area (Å²) in [7, 11) is -2.25. The van der Waals surface area contributed by atoms with E-state index in [9.17, 15) is 18.0 Å². The van der Waals surface area contributed by atoms with Gasteiger partial charge in [0.25, 0.3) is 0 Å². The molecule has 0 radical (unpaired) electrons. The highest BCUT2D eigenvalue weighted by Gasteiger charge is 2.21. The number of carbonyl (C=O) groups excluding carboxylic acids is 2. The van der Waals surface area contributed by atoms with E-state index in [4.69, 9.17) is 0 Å². The number of ether oxygens (including phenoxy) is 1. The molecule has 1 aromatic carbocycles. The molecule has 0 unspecified atom stereocenters. The van der Waals surface area contributed by atoms with Gasteiger partial charge in [-0.3, -0.25) is 9.59 Å². The van der Waals surface area contributed by atoms with Gasteiger partial charge in [0.2, 0.25) is 15.9 Å². The fourth-order valence-corrected chi connectivity index (χ4v) is 4.28. The number of nitrogens with one attached hydrogen (secondary N) is 1. The summed E-state index contributed by atoms with van der Waals surface area (Å²) in [5.74, 6) is 0.0787. The van der Waals surface area contributed by atoms with Gasteiger partial charge in [0.05, 0.1) is 24.2 Å². The van der Waals surface area contributed by atoms with Crippen molar-refractivity contribution < 1.29 is 22.7 Å². The number of methoxy groups -OCH3 is 1. The first-order valence-corrected chi connectivity index (χ1v) is 10.5. The summed E-state index contributed by atoms with van der Waals surface area (Å²) in [5, 5.41) is 2.67. The van der Waals surface area contributed by atoms with Crippen LogP contribution in [0.3, 0.4) is 0 Å². The Kier molecular flexibility index (Phi) is 8.95. The minimum atomic E-state index is -3.57. The van der Waals surface area contributed by atoms with E-state index < -0.39 is 10.0 Å². The van der Waals surface area contributed by atoms with Crippen molar-refractivity contribution in [2.24, 2.45) is 0 Å². The molecule has 1 N–H and O–H groups in total. The fraction of sp³-hybridized carbons (Fsp3) is 0.500. The molecule has 140 valence electrons. The van der Waals surface area contributed by atoms with Crippen LogP contribution in [0.4, 0.5) is 5.69 Å². The molecule has 1 amide bonds. The Morgan fingerprint density at radius 1 is 1.24 bits per heavy atom. The molecular weight excluding hydrogens is 364 g/mol. The van der Waals surface area contributed by atoms with E-state index >= 15 is 0 Å². The lowest BCUT2D eigenvalue weighted by Gasteiger charge is -2.18. The summed E-state index contributed by atoms with van der Waals surface area (Å²) in [6, 6.07) is 6.19. The maximum Gasteiger partial charge on any atom is 0.306 e. The summed E-state index contributed by atoms with van der Waals surface area (Å²) in [6.45, 7) is 4.31. The summed E-state index contributed by atoms with van der Waals surface area (Å²) in [4.78, 5) is 23.1. The van der Waals surface area contributed by atoms with Crippen LogP contribution in [-0.4, -0.2) is 56.3 Å². The van der Waals surface area contributed by atoms with Crippen molar-refractivity contribution >= 4 is 39.3 Å². The van der Waals surface area contributed by atoms with Crippen molar-refractivity contribution in [1.82, 2.24) is 4.31 Å². The lowest BCUT2D eigenvalue weighted by molar-refractivity contribution is -0.140. The average Bonchev–Trinajstić information content (AvgIpc) is 2.59. The van der Waals surface area contributed by atoms with Crippen LogP contribution in [0.5, 0.6) is 0 Å². The zero-order chi connectivity index (χ0) is 18.9. The molecule has 7 nitrogen and oxygen atoms in total. The Morgan fingerprint density at radius 3 is 2.52 bits per heavy atom. The van der Waals surface area contributed by atoms with Gasteiger partial charge >= 0.3 is 5.97 Å². The van der Waals surface area contributed by atoms with Gasteiger partial charge in [-0.15, -0.1) is 0 Å². The Hall–Kier alpha value is -1.58.